The molecule has 7 heteroatoms. The fraction of sp³-hybridized carbons (Fsp3) is 0.308. The van der Waals surface area contributed by atoms with Gasteiger partial charge in [0.25, 0.3) is 0 Å². The van der Waals surface area contributed by atoms with Crippen molar-refractivity contribution in [3.05, 3.63) is 54.1 Å². The average molecular weight is 451 g/mol. The van der Waals surface area contributed by atoms with Crippen LogP contribution in [0.2, 0.25) is 0 Å². The van der Waals surface area contributed by atoms with Crippen LogP contribution in [0, 0.1) is 11.3 Å². The Bertz CT molecular complexity index is 1040. The maximum Gasteiger partial charge on any atom is 0.203 e. The van der Waals surface area contributed by atoms with Gasteiger partial charge < -0.3 is 23.7 Å². The normalized spacial score (nSPS) is 11.4. The molecule has 0 N–H and O–H groups in total. The van der Waals surface area contributed by atoms with E-state index in [0.717, 1.165) is 18.4 Å². The molecule has 0 aliphatic heterocycles. The number of ether oxygens (including phenoxy) is 5. The minimum atomic E-state index is 0.295. The van der Waals surface area contributed by atoms with Gasteiger partial charge in [-0.3, -0.25) is 4.99 Å². The highest BCUT2D eigenvalue weighted by atomic mass is 16.5. The number of benzene rings is 2. The number of unbranched alkanes of at least 4 members (excludes halogenated alkanes) is 1. The predicted molar refractivity (Wildman–Crippen MR) is 131 cm³/mol. The summed E-state index contributed by atoms with van der Waals surface area (Å²) in [5.74, 6) is 2.62. The van der Waals surface area contributed by atoms with Crippen LogP contribution >= 0.6 is 0 Å². The Labute approximate surface area is 195 Å². The number of allylic oxidation sites excluding steroid dienone is 2. The Kier molecular flexibility index (Phi) is 9.84. The molecule has 33 heavy (non-hydrogen) atoms. The summed E-state index contributed by atoms with van der Waals surface area (Å²) in [6.45, 7) is 4.24. The molecule has 0 radical (unpaired) electrons. The highest BCUT2D eigenvalue weighted by Crippen LogP contribution is 2.40. The van der Waals surface area contributed by atoms with Crippen LogP contribution in [0.15, 0.2) is 48.0 Å². The topological polar surface area (TPSA) is 82.3 Å². The van der Waals surface area contributed by atoms with Gasteiger partial charge in [0.15, 0.2) is 23.0 Å². The molecular weight excluding hydrogens is 420 g/mol. The molecule has 0 atom stereocenters. The van der Waals surface area contributed by atoms with E-state index in [9.17, 15) is 5.26 Å². The van der Waals surface area contributed by atoms with Crippen molar-refractivity contribution in [1.29, 1.82) is 5.26 Å². The fourth-order valence-electron chi connectivity index (χ4n) is 3.24. The molecule has 2 aromatic carbocycles. The Balaban J connectivity index is 2.72. The van der Waals surface area contributed by atoms with Crippen molar-refractivity contribution in [2.75, 3.05) is 42.1 Å². The van der Waals surface area contributed by atoms with Gasteiger partial charge in [-0.05, 0) is 54.3 Å². The molecule has 174 valence electrons. The maximum absolute atomic E-state index is 9.96. The van der Waals surface area contributed by atoms with Crippen molar-refractivity contribution in [3.8, 4) is 34.8 Å². The SMILES string of the molecule is C=CCCC/N=C(C#N)\C(=C\c1ccc(OC)c(OC)c1)c1cc(OC)c(OC)c(OC)c1. The van der Waals surface area contributed by atoms with Crippen molar-refractivity contribution >= 4 is 17.4 Å². The molecule has 0 aliphatic rings. The Hall–Kier alpha value is -3.92. The number of methoxy groups -OCH3 is 5. The molecule has 2 aromatic rings. The number of hydrogen-bond donors (Lipinski definition) is 0. The van der Waals surface area contributed by atoms with E-state index in [4.69, 9.17) is 23.7 Å². The Morgan fingerprint density at radius 1 is 0.909 bits per heavy atom. The lowest BCUT2D eigenvalue weighted by Crippen LogP contribution is -2.04. The summed E-state index contributed by atoms with van der Waals surface area (Å²) >= 11 is 0. The zero-order valence-electron chi connectivity index (χ0n) is 19.8. The number of hydrogen-bond acceptors (Lipinski definition) is 7. The van der Waals surface area contributed by atoms with E-state index >= 15 is 0 Å². The van der Waals surface area contributed by atoms with Gasteiger partial charge in [-0.15, -0.1) is 6.58 Å². The predicted octanol–water partition coefficient (Wildman–Crippen LogP) is 5.20. The van der Waals surface area contributed by atoms with E-state index in [0.29, 0.717) is 52.1 Å². The molecule has 2 rings (SSSR count). The molecule has 0 fully saturated rings. The summed E-state index contributed by atoms with van der Waals surface area (Å²) in [6.07, 6.45) is 5.33. The molecule has 0 saturated heterocycles. The lowest BCUT2D eigenvalue weighted by Gasteiger charge is -2.16. The van der Waals surface area contributed by atoms with Gasteiger partial charge in [-0.25, -0.2) is 0 Å². The van der Waals surface area contributed by atoms with Gasteiger partial charge in [0, 0.05) is 12.1 Å². The van der Waals surface area contributed by atoms with Crippen molar-refractivity contribution in [1.82, 2.24) is 0 Å². The summed E-state index contributed by atoms with van der Waals surface area (Å²) < 4.78 is 27.2. The summed E-state index contributed by atoms with van der Waals surface area (Å²) in [4.78, 5) is 4.55. The first-order valence-corrected chi connectivity index (χ1v) is 10.4. The highest BCUT2D eigenvalue weighted by molar-refractivity contribution is 6.34. The van der Waals surface area contributed by atoms with Crippen molar-refractivity contribution in [2.24, 2.45) is 4.99 Å². The standard InChI is InChI=1S/C26H30N2O5/c1-7-8-9-12-28-21(17-27)20(13-18-10-11-22(29-2)23(14-18)30-3)19-15-24(31-4)26(33-6)25(16-19)32-5/h7,10-11,13-16H,1,8-9,12H2,2-6H3/b20-13+,28-21-. The van der Waals surface area contributed by atoms with E-state index in [2.05, 4.69) is 17.6 Å². The van der Waals surface area contributed by atoms with Crippen molar-refractivity contribution < 1.29 is 23.7 Å². The van der Waals surface area contributed by atoms with Gasteiger partial charge >= 0.3 is 0 Å². The highest BCUT2D eigenvalue weighted by Gasteiger charge is 2.18. The maximum atomic E-state index is 9.96. The third-order valence-electron chi connectivity index (χ3n) is 4.89. The molecule has 7 nitrogen and oxygen atoms in total. The Morgan fingerprint density at radius 3 is 2.06 bits per heavy atom. The smallest absolute Gasteiger partial charge is 0.203 e. The van der Waals surface area contributed by atoms with Gasteiger partial charge in [-0.1, -0.05) is 12.1 Å². The quantitative estimate of drug-likeness (QED) is 0.191. The molecule has 0 unspecified atom stereocenters. The molecular formula is C26H30N2O5. The van der Waals surface area contributed by atoms with E-state index < -0.39 is 0 Å². The summed E-state index contributed by atoms with van der Waals surface area (Å²) in [5, 5.41) is 9.96. The molecule has 0 bridgehead atoms. The summed E-state index contributed by atoms with van der Waals surface area (Å²) in [5.41, 5.74) is 2.42. The zero-order valence-corrected chi connectivity index (χ0v) is 19.8. The third-order valence-corrected chi connectivity index (χ3v) is 4.89. The first-order valence-electron chi connectivity index (χ1n) is 10.4. The summed E-state index contributed by atoms with van der Waals surface area (Å²) in [7, 11) is 7.80. The minimum absolute atomic E-state index is 0.295. The fourth-order valence-corrected chi connectivity index (χ4v) is 3.24. The van der Waals surface area contributed by atoms with Crippen LogP contribution in [0.1, 0.15) is 24.0 Å². The van der Waals surface area contributed by atoms with E-state index in [1.165, 1.54) is 0 Å². The first kappa shape index (κ1) is 25.3. The van der Waals surface area contributed by atoms with E-state index in [1.807, 2.05) is 30.4 Å². The van der Waals surface area contributed by atoms with Gasteiger partial charge in [0.2, 0.25) is 5.75 Å². The van der Waals surface area contributed by atoms with Crippen LogP contribution in [0.25, 0.3) is 11.6 Å². The third kappa shape index (κ3) is 6.30. The van der Waals surface area contributed by atoms with Gasteiger partial charge in [0.1, 0.15) is 11.8 Å². The van der Waals surface area contributed by atoms with Crippen LogP contribution in [0.5, 0.6) is 28.7 Å². The van der Waals surface area contributed by atoms with Gasteiger partial charge in [0.05, 0.1) is 35.5 Å². The molecule has 0 heterocycles. The molecule has 0 aromatic heterocycles. The van der Waals surface area contributed by atoms with Crippen LogP contribution in [-0.4, -0.2) is 47.8 Å². The summed E-state index contributed by atoms with van der Waals surface area (Å²) in [6, 6.07) is 11.4. The first-order chi connectivity index (χ1) is 16.1. The second-order valence-electron chi connectivity index (χ2n) is 6.86. The zero-order chi connectivity index (χ0) is 24.2. The largest absolute Gasteiger partial charge is 0.493 e. The lowest BCUT2D eigenvalue weighted by atomic mass is 9.97. The average Bonchev–Trinajstić information content (AvgIpc) is 2.86. The monoisotopic (exact) mass is 450 g/mol. The van der Waals surface area contributed by atoms with Crippen LogP contribution in [-0.2, 0) is 0 Å². The number of rotatable bonds is 12. The van der Waals surface area contributed by atoms with Crippen LogP contribution in [0.4, 0.5) is 0 Å². The number of nitriles is 1. The van der Waals surface area contributed by atoms with Crippen molar-refractivity contribution in [2.45, 2.75) is 12.8 Å². The second-order valence-corrected chi connectivity index (χ2v) is 6.86. The minimum Gasteiger partial charge on any atom is -0.493 e. The van der Waals surface area contributed by atoms with E-state index in [-0.39, 0.29) is 0 Å². The van der Waals surface area contributed by atoms with Gasteiger partial charge in [-0.2, -0.15) is 5.26 Å². The molecule has 0 amide bonds. The van der Waals surface area contributed by atoms with Crippen LogP contribution < -0.4 is 23.7 Å². The molecule has 0 spiro atoms. The second kappa shape index (κ2) is 12.8. The van der Waals surface area contributed by atoms with Crippen molar-refractivity contribution in [3.63, 3.8) is 0 Å². The number of aliphatic imine (C=N–C) groups is 1. The van der Waals surface area contributed by atoms with E-state index in [1.54, 1.807) is 47.7 Å². The lowest BCUT2D eigenvalue weighted by molar-refractivity contribution is 0.324. The van der Waals surface area contributed by atoms with Crippen LogP contribution in [0.3, 0.4) is 0 Å². The molecule has 0 saturated carbocycles. The number of nitrogens with zero attached hydrogens (tertiary/aromatic N) is 2. The molecule has 0 aliphatic carbocycles. The Morgan fingerprint density at radius 2 is 1.55 bits per heavy atom.